The summed E-state index contributed by atoms with van der Waals surface area (Å²) in [6, 6.07) is 14.5. The Morgan fingerprint density at radius 2 is 1.09 bits per heavy atom. The van der Waals surface area contributed by atoms with E-state index in [4.69, 9.17) is 15.2 Å². The zero-order valence-electron chi connectivity index (χ0n) is 45.9. The highest BCUT2D eigenvalue weighted by Crippen LogP contribution is 2.42. The maximum absolute atomic E-state index is 13.2. The fourth-order valence-electron chi connectivity index (χ4n) is 8.91. The number of benzene rings is 2. The maximum Gasteiger partial charge on any atom is 0.407 e. The van der Waals surface area contributed by atoms with Crippen molar-refractivity contribution in [1.29, 1.82) is 0 Å². The maximum atomic E-state index is 13.2. The number of sulfonamides is 2. The molecule has 0 radical (unpaired) electrons. The molecule has 2 fully saturated rings. The molecule has 4 aromatic heterocycles. The monoisotopic (exact) mass is 1220 g/mol. The molecular weight excluding hydrogens is 1150 g/mol. The molecule has 0 bridgehead atoms. The van der Waals surface area contributed by atoms with Gasteiger partial charge < -0.3 is 31.2 Å². The summed E-state index contributed by atoms with van der Waals surface area (Å²) in [4.78, 5) is 35.1. The number of carbonyl (C=O) groups excluding carboxylic acids is 2. The number of nitrogens with one attached hydrogen (secondary N) is 5. The molecule has 2 aromatic carbocycles. The minimum atomic E-state index is -3.76. The third-order valence-corrected chi connectivity index (χ3v) is 18.8. The van der Waals surface area contributed by atoms with Gasteiger partial charge in [0, 0.05) is 70.7 Å². The van der Waals surface area contributed by atoms with E-state index in [-0.39, 0.29) is 58.7 Å². The van der Waals surface area contributed by atoms with Crippen LogP contribution < -0.4 is 31.1 Å². The number of hydrogen-bond acceptors (Lipinski definition) is 18. The van der Waals surface area contributed by atoms with E-state index in [1.807, 2.05) is 71.0 Å². The number of ether oxygens (including phenoxy) is 2. The number of amides is 2. The SMILES string of the molecule is CCNS(=O)(=O)c1cc(Br)ccc1-c1cnc(C2CCC(NC(=O)OC(C)C)CC2)s1.CCNS(=O)(=O)c1cc(Nc2cc(CC)cnn2)ccc1-c1cnc(C2CCC(NC(=O)OC(C)C)CC2)s1.CCc1cnnc(N)c1. The Bertz CT molecular complexity index is 3180. The highest BCUT2D eigenvalue weighted by Gasteiger charge is 2.30. The molecular formula is C54H73BrN12O8S4. The molecule has 0 saturated heterocycles. The molecule has 79 heavy (non-hydrogen) atoms. The summed E-state index contributed by atoms with van der Waals surface area (Å²) in [7, 11) is -7.37. The van der Waals surface area contributed by atoms with E-state index in [9.17, 15) is 26.4 Å². The van der Waals surface area contributed by atoms with Crippen LogP contribution in [-0.2, 0) is 42.4 Å². The summed E-state index contributed by atoms with van der Waals surface area (Å²) < 4.78 is 68.0. The van der Waals surface area contributed by atoms with Gasteiger partial charge in [0.25, 0.3) is 0 Å². The van der Waals surface area contributed by atoms with Crippen LogP contribution in [0.25, 0.3) is 20.9 Å². The summed E-state index contributed by atoms with van der Waals surface area (Å²) in [5.41, 5.74) is 9.37. The van der Waals surface area contributed by atoms with Gasteiger partial charge in [-0.3, -0.25) is 0 Å². The predicted molar refractivity (Wildman–Crippen MR) is 315 cm³/mol. The Morgan fingerprint density at radius 1 is 0.633 bits per heavy atom. The molecule has 2 saturated carbocycles. The summed E-state index contributed by atoms with van der Waals surface area (Å²) in [6.07, 6.45) is 14.7. The fraction of sp³-hybridized carbons (Fsp3) is 0.481. The first-order valence-electron chi connectivity index (χ1n) is 26.7. The van der Waals surface area contributed by atoms with Gasteiger partial charge in [0.2, 0.25) is 20.0 Å². The van der Waals surface area contributed by atoms with Gasteiger partial charge in [0.15, 0.2) is 5.82 Å². The first-order chi connectivity index (χ1) is 37.7. The van der Waals surface area contributed by atoms with Crippen LogP contribution in [0, 0.1) is 0 Å². The van der Waals surface area contributed by atoms with E-state index in [0.29, 0.717) is 45.4 Å². The molecule has 8 rings (SSSR count). The van der Waals surface area contributed by atoms with Crippen molar-refractivity contribution in [2.75, 3.05) is 24.1 Å². The highest BCUT2D eigenvalue weighted by molar-refractivity contribution is 9.10. The van der Waals surface area contributed by atoms with Gasteiger partial charge in [-0.05, 0) is 139 Å². The number of nitrogen functional groups attached to an aromatic ring is 1. The molecule has 0 atom stereocenters. The normalized spacial score (nSPS) is 17.4. The second-order valence-electron chi connectivity index (χ2n) is 19.5. The highest BCUT2D eigenvalue weighted by atomic mass is 79.9. The third kappa shape index (κ3) is 18.7. The molecule has 20 nitrogen and oxygen atoms in total. The van der Waals surface area contributed by atoms with E-state index in [2.05, 4.69) is 78.6 Å². The molecule has 6 aromatic rings. The number of aryl methyl sites for hydroxylation is 2. The lowest BCUT2D eigenvalue weighted by Crippen LogP contribution is -2.38. The van der Waals surface area contributed by atoms with Gasteiger partial charge in [-0.2, -0.15) is 10.2 Å². The standard InChI is InChI=1S/C27H36N6O4S2.C21H28BrN3O4S2.C6H9N3/c1-5-18-13-25(33-29-15-18)31-21-11-12-22(24(14-21)39(35,36)30-6-2)23-16-28-26(38-23)19-7-9-20(10-8-19)32-27(34)37-17(3)4;1-4-24-31(27,28)19-11-15(22)7-10-17(19)18-12-23-20(30-18)14-5-8-16(9-6-14)25-21(26)29-13(2)3;1-2-5-3-6(7)9-8-4-5/h11-17,19-20,30H,5-10H2,1-4H3,(H,31,33)(H,32,34);7,10-14,16,24H,4-6,8-9H2,1-3H3,(H,25,26);3-4H,2H2,1H3,(H2,7,9). The molecule has 0 unspecified atom stereocenters. The molecule has 428 valence electrons. The summed E-state index contributed by atoms with van der Waals surface area (Å²) in [6.45, 7) is 15.5. The van der Waals surface area contributed by atoms with Crippen molar-refractivity contribution in [3.63, 3.8) is 0 Å². The quantitative estimate of drug-likeness (QED) is 0.0466. The molecule has 2 amide bonds. The van der Waals surface area contributed by atoms with Crippen LogP contribution in [0.4, 0.5) is 26.9 Å². The van der Waals surface area contributed by atoms with Crippen molar-refractivity contribution >= 4 is 88.2 Å². The van der Waals surface area contributed by atoms with Crippen molar-refractivity contribution in [2.24, 2.45) is 0 Å². The number of thiazole rings is 2. The average Bonchev–Trinajstić information content (AvgIpc) is 4.17. The zero-order chi connectivity index (χ0) is 57.3. The van der Waals surface area contributed by atoms with Crippen LogP contribution in [0.1, 0.15) is 140 Å². The number of aromatic nitrogens is 6. The van der Waals surface area contributed by atoms with E-state index in [1.165, 1.54) is 22.7 Å². The van der Waals surface area contributed by atoms with Gasteiger partial charge in [0.1, 0.15) is 5.82 Å². The fourth-order valence-corrected chi connectivity index (χ4v) is 14.4. The summed E-state index contributed by atoms with van der Waals surface area (Å²) in [5.74, 6) is 1.62. The van der Waals surface area contributed by atoms with E-state index < -0.39 is 20.0 Å². The van der Waals surface area contributed by atoms with Crippen LogP contribution in [0.15, 0.2) is 87.6 Å². The van der Waals surface area contributed by atoms with Crippen LogP contribution in [-0.4, -0.2) is 96.8 Å². The second-order valence-corrected chi connectivity index (χ2v) is 26.1. The minimum Gasteiger partial charge on any atom is -0.447 e. The predicted octanol–water partition coefficient (Wildman–Crippen LogP) is 11.0. The molecule has 25 heteroatoms. The minimum absolute atomic E-state index is 0.0894. The Morgan fingerprint density at radius 3 is 1.53 bits per heavy atom. The van der Waals surface area contributed by atoms with Crippen molar-refractivity contribution in [1.82, 2.24) is 50.4 Å². The van der Waals surface area contributed by atoms with E-state index in [0.717, 1.165) is 95.1 Å². The molecule has 7 N–H and O–H groups in total. The molecule has 0 aliphatic heterocycles. The Balaban J connectivity index is 0.000000224. The zero-order valence-corrected chi connectivity index (χ0v) is 50.8. The number of halogens is 1. The number of carbonyl (C=O) groups is 2. The average molecular weight is 1230 g/mol. The summed E-state index contributed by atoms with van der Waals surface area (Å²) >= 11 is 6.43. The van der Waals surface area contributed by atoms with Gasteiger partial charge in [0.05, 0.1) is 54.2 Å². The number of nitrogens with zero attached hydrogens (tertiary/aromatic N) is 6. The van der Waals surface area contributed by atoms with Crippen molar-refractivity contribution in [3.8, 4) is 20.9 Å². The van der Waals surface area contributed by atoms with Crippen LogP contribution in [0.3, 0.4) is 0 Å². The number of hydrogen-bond donors (Lipinski definition) is 6. The molecule has 2 aliphatic rings. The van der Waals surface area contributed by atoms with Crippen molar-refractivity contribution in [3.05, 3.63) is 98.9 Å². The Labute approximate surface area is 480 Å². The van der Waals surface area contributed by atoms with Crippen molar-refractivity contribution in [2.45, 2.75) is 166 Å². The van der Waals surface area contributed by atoms with Gasteiger partial charge in [-0.1, -0.05) is 55.8 Å². The third-order valence-electron chi connectivity index (χ3n) is 12.8. The number of nitrogens with two attached hydrogens (primary N) is 1. The molecule has 2 aliphatic carbocycles. The number of rotatable bonds is 18. The van der Waals surface area contributed by atoms with E-state index >= 15 is 0 Å². The lowest BCUT2D eigenvalue weighted by Gasteiger charge is -2.28. The lowest BCUT2D eigenvalue weighted by molar-refractivity contribution is 0.108. The topological polar surface area (TPSA) is 284 Å². The lowest BCUT2D eigenvalue weighted by atomic mass is 9.86. The van der Waals surface area contributed by atoms with Gasteiger partial charge >= 0.3 is 12.2 Å². The van der Waals surface area contributed by atoms with Crippen LogP contribution >= 0.6 is 38.6 Å². The van der Waals surface area contributed by atoms with Gasteiger partial charge in [-0.15, -0.1) is 32.9 Å². The number of anilines is 3. The van der Waals surface area contributed by atoms with Crippen LogP contribution in [0.2, 0.25) is 0 Å². The first-order valence-corrected chi connectivity index (χ1v) is 32.0. The smallest absolute Gasteiger partial charge is 0.407 e. The molecule has 4 heterocycles. The van der Waals surface area contributed by atoms with Crippen LogP contribution in [0.5, 0.6) is 0 Å². The first kappa shape index (κ1) is 62.5. The second kappa shape index (κ2) is 29.7. The van der Waals surface area contributed by atoms with Gasteiger partial charge in [-0.25, -0.2) is 45.8 Å². The Hall–Kier alpha value is -5.70. The largest absolute Gasteiger partial charge is 0.447 e. The van der Waals surface area contributed by atoms with Crippen molar-refractivity contribution < 1.29 is 35.9 Å². The summed E-state index contributed by atoms with van der Waals surface area (Å²) in [5, 5.41) is 26.5. The Kier molecular flexibility index (Phi) is 23.5. The van der Waals surface area contributed by atoms with E-state index in [1.54, 1.807) is 50.8 Å². The number of alkyl carbamates (subject to hydrolysis) is 2. The molecule has 0 spiro atoms.